The molecular formula is C23H25N5O5. The molecule has 2 N–H and O–H groups in total. The van der Waals surface area contributed by atoms with Crippen LogP contribution < -0.4 is 20.5 Å². The number of carbonyl (C=O) groups excluding carboxylic acids is 1. The van der Waals surface area contributed by atoms with Crippen molar-refractivity contribution in [3.63, 3.8) is 0 Å². The number of benzene rings is 1. The van der Waals surface area contributed by atoms with Crippen LogP contribution in [0, 0.1) is 17.2 Å². The Morgan fingerprint density at radius 2 is 2.03 bits per heavy atom. The maximum atomic E-state index is 13.3. The molecule has 2 unspecified atom stereocenters. The molecule has 3 aliphatic heterocycles. The number of rotatable bonds is 4. The Hall–Kier alpha value is -3.42. The van der Waals surface area contributed by atoms with Crippen LogP contribution in [0.5, 0.6) is 5.75 Å². The lowest BCUT2D eigenvalue weighted by Gasteiger charge is -2.38. The Morgan fingerprint density at radius 1 is 1.27 bits per heavy atom. The minimum absolute atomic E-state index is 0.186. The standard InChI is InChI=1S/C23H25N5O5/c1-2-31-15-5-3-4-14(12-15)17-16(13-24)20(29)25-19-18(17)21(30)27-22(26-19)28-8-6-23(7-9-28)32-10-11-33-23/h3-5,12,16-17H,2,6-11H2,1H3,(H2,25,26,27,29,30). The number of nitrogens with zero attached hydrogens (tertiary/aromatic N) is 3. The van der Waals surface area contributed by atoms with E-state index in [0.717, 1.165) is 0 Å². The van der Waals surface area contributed by atoms with Crippen molar-refractivity contribution < 1.29 is 19.0 Å². The molecule has 0 radical (unpaired) electrons. The highest BCUT2D eigenvalue weighted by Crippen LogP contribution is 2.39. The summed E-state index contributed by atoms with van der Waals surface area (Å²) < 4.78 is 17.1. The third kappa shape index (κ3) is 3.83. The molecule has 1 spiro atoms. The minimum Gasteiger partial charge on any atom is -0.494 e. The smallest absolute Gasteiger partial charge is 0.258 e. The van der Waals surface area contributed by atoms with Crippen LogP contribution in [0.25, 0.3) is 0 Å². The van der Waals surface area contributed by atoms with Gasteiger partial charge in [0.15, 0.2) is 5.79 Å². The van der Waals surface area contributed by atoms with E-state index >= 15 is 0 Å². The van der Waals surface area contributed by atoms with Crippen molar-refractivity contribution in [3.05, 3.63) is 45.7 Å². The highest BCUT2D eigenvalue weighted by molar-refractivity contribution is 5.98. The molecule has 2 aromatic rings. The topological polar surface area (TPSA) is 130 Å². The fourth-order valence-corrected chi connectivity index (χ4v) is 4.82. The summed E-state index contributed by atoms with van der Waals surface area (Å²) in [6.07, 6.45) is 1.31. The maximum absolute atomic E-state index is 13.3. The van der Waals surface area contributed by atoms with Gasteiger partial charge in [0.2, 0.25) is 11.9 Å². The molecule has 10 nitrogen and oxygen atoms in total. The predicted octanol–water partition coefficient (Wildman–Crippen LogP) is 1.74. The summed E-state index contributed by atoms with van der Waals surface area (Å²) in [5.41, 5.74) is 0.546. The van der Waals surface area contributed by atoms with Gasteiger partial charge < -0.3 is 24.4 Å². The lowest BCUT2D eigenvalue weighted by molar-refractivity contribution is -0.169. The van der Waals surface area contributed by atoms with E-state index in [1.165, 1.54) is 0 Å². The summed E-state index contributed by atoms with van der Waals surface area (Å²) in [7, 11) is 0. The van der Waals surface area contributed by atoms with Gasteiger partial charge in [0, 0.05) is 31.8 Å². The van der Waals surface area contributed by atoms with Crippen LogP contribution in [0.2, 0.25) is 0 Å². The number of nitrogens with one attached hydrogen (secondary N) is 2. The van der Waals surface area contributed by atoms with E-state index in [1.807, 2.05) is 11.8 Å². The number of amides is 1. The van der Waals surface area contributed by atoms with Crippen LogP contribution in [-0.2, 0) is 14.3 Å². The van der Waals surface area contributed by atoms with Crippen molar-refractivity contribution in [2.75, 3.05) is 43.1 Å². The first kappa shape index (κ1) is 21.4. The molecule has 33 heavy (non-hydrogen) atoms. The fourth-order valence-electron chi connectivity index (χ4n) is 4.82. The Bertz CT molecular complexity index is 1160. The van der Waals surface area contributed by atoms with Gasteiger partial charge in [-0.1, -0.05) is 12.1 Å². The van der Waals surface area contributed by atoms with Gasteiger partial charge in [0.1, 0.15) is 17.5 Å². The summed E-state index contributed by atoms with van der Waals surface area (Å²) in [6.45, 7) is 4.72. The third-order valence-corrected chi connectivity index (χ3v) is 6.42. The fraction of sp³-hybridized carbons (Fsp3) is 0.478. The number of piperidine rings is 1. The van der Waals surface area contributed by atoms with E-state index in [-0.39, 0.29) is 16.9 Å². The van der Waals surface area contributed by atoms with Gasteiger partial charge in [0.05, 0.1) is 31.5 Å². The summed E-state index contributed by atoms with van der Waals surface area (Å²) >= 11 is 0. The van der Waals surface area contributed by atoms with Crippen molar-refractivity contribution in [2.24, 2.45) is 5.92 Å². The second kappa shape index (κ2) is 8.50. The number of fused-ring (bicyclic) bond motifs is 1. The zero-order chi connectivity index (χ0) is 23.0. The van der Waals surface area contributed by atoms with Gasteiger partial charge >= 0.3 is 0 Å². The molecule has 3 aliphatic rings. The van der Waals surface area contributed by atoms with Crippen LogP contribution >= 0.6 is 0 Å². The second-order valence-electron chi connectivity index (χ2n) is 8.33. The zero-order valence-corrected chi connectivity index (χ0v) is 18.3. The number of aromatic nitrogens is 2. The SMILES string of the molecule is CCOc1cccc(C2c3c(nc(N4CCC5(CC4)OCCO5)[nH]c3=O)NC(=O)C2C#N)c1. The van der Waals surface area contributed by atoms with E-state index < -0.39 is 23.5 Å². The van der Waals surface area contributed by atoms with E-state index in [2.05, 4.69) is 21.4 Å². The average molecular weight is 451 g/mol. The van der Waals surface area contributed by atoms with E-state index in [0.29, 0.717) is 63.0 Å². The highest BCUT2D eigenvalue weighted by atomic mass is 16.7. The molecule has 0 saturated carbocycles. The first-order chi connectivity index (χ1) is 16.0. The van der Waals surface area contributed by atoms with Gasteiger partial charge in [-0.25, -0.2) is 0 Å². The second-order valence-corrected chi connectivity index (χ2v) is 8.33. The number of nitriles is 1. The lowest BCUT2D eigenvalue weighted by Crippen LogP contribution is -2.46. The molecule has 1 amide bonds. The van der Waals surface area contributed by atoms with Crippen LogP contribution in [0.1, 0.15) is 36.8 Å². The monoisotopic (exact) mass is 451 g/mol. The quantitative estimate of drug-likeness (QED) is 0.719. The van der Waals surface area contributed by atoms with Gasteiger partial charge in [0.25, 0.3) is 5.56 Å². The van der Waals surface area contributed by atoms with E-state index in [9.17, 15) is 14.9 Å². The average Bonchev–Trinajstić information content (AvgIpc) is 3.26. The number of aromatic amines is 1. The van der Waals surface area contributed by atoms with Gasteiger partial charge in [-0.2, -0.15) is 10.2 Å². The molecule has 1 aromatic carbocycles. The Balaban J connectivity index is 1.50. The molecule has 4 heterocycles. The molecule has 2 saturated heterocycles. The van der Waals surface area contributed by atoms with E-state index in [4.69, 9.17) is 14.2 Å². The summed E-state index contributed by atoms with van der Waals surface area (Å²) in [5.74, 6) is -1.67. The Labute approximate surface area is 190 Å². The molecule has 1 aromatic heterocycles. The molecule has 2 fully saturated rings. The number of hydrogen-bond acceptors (Lipinski definition) is 8. The van der Waals surface area contributed by atoms with Crippen LogP contribution in [0.3, 0.4) is 0 Å². The maximum Gasteiger partial charge on any atom is 0.258 e. The molecule has 5 rings (SSSR count). The van der Waals surface area contributed by atoms with Crippen molar-refractivity contribution in [1.82, 2.24) is 9.97 Å². The first-order valence-corrected chi connectivity index (χ1v) is 11.1. The van der Waals surface area contributed by atoms with Crippen molar-refractivity contribution >= 4 is 17.7 Å². The largest absolute Gasteiger partial charge is 0.494 e. The molecule has 0 bridgehead atoms. The zero-order valence-electron chi connectivity index (χ0n) is 18.3. The van der Waals surface area contributed by atoms with Crippen molar-refractivity contribution in [2.45, 2.75) is 31.5 Å². The van der Waals surface area contributed by atoms with Gasteiger partial charge in [-0.3, -0.25) is 14.6 Å². The highest BCUT2D eigenvalue weighted by Gasteiger charge is 2.42. The summed E-state index contributed by atoms with van der Waals surface area (Å²) in [6, 6.07) is 9.19. The number of anilines is 2. The Kier molecular flexibility index (Phi) is 5.52. The van der Waals surface area contributed by atoms with Crippen LogP contribution in [0.15, 0.2) is 29.1 Å². The number of hydrogen-bond donors (Lipinski definition) is 2. The summed E-state index contributed by atoms with van der Waals surface area (Å²) in [4.78, 5) is 35.5. The number of H-pyrrole nitrogens is 1. The lowest BCUT2D eigenvalue weighted by atomic mass is 9.79. The normalized spacial score (nSPS) is 23.6. The first-order valence-electron chi connectivity index (χ1n) is 11.1. The molecule has 172 valence electrons. The van der Waals surface area contributed by atoms with E-state index in [1.54, 1.807) is 24.3 Å². The van der Waals surface area contributed by atoms with Crippen molar-refractivity contribution in [3.8, 4) is 11.8 Å². The molecule has 10 heteroatoms. The minimum atomic E-state index is -1.06. The third-order valence-electron chi connectivity index (χ3n) is 6.42. The summed E-state index contributed by atoms with van der Waals surface area (Å²) in [5, 5.41) is 12.4. The number of ether oxygens (including phenoxy) is 3. The van der Waals surface area contributed by atoms with Crippen LogP contribution in [-0.4, -0.2) is 54.6 Å². The van der Waals surface area contributed by atoms with Crippen molar-refractivity contribution in [1.29, 1.82) is 5.26 Å². The molecule has 2 atom stereocenters. The molecular weight excluding hydrogens is 426 g/mol. The predicted molar refractivity (Wildman–Crippen MR) is 118 cm³/mol. The number of carbonyl (C=O) groups is 1. The van der Waals surface area contributed by atoms with Gasteiger partial charge in [-0.15, -0.1) is 0 Å². The van der Waals surface area contributed by atoms with Gasteiger partial charge in [-0.05, 0) is 24.6 Å². The van der Waals surface area contributed by atoms with Crippen LogP contribution in [0.4, 0.5) is 11.8 Å². The Morgan fingerprint density at radius 3 is 2.73 bits per heavy atom. The molecule has 0 aliphatic carbocycles.